The van der Waals surface area contributed by atoms with E-state index < -0.39 is 0 Å². The highest BCUT2D eigenvalue weighted by atomic mass is 32.1. The van der Waals surface area contributed by atoms with Gasteiger partial charge in [0.25, 0.3) is 0 Å². The van der Waals surface area contributed by atoms with Crippen LogP contribution in [0.15, 0.2) is 46.2 Å². The Hall–Kier alpha value is -2.47. The van der Waals surface area contributed by atoms with Gasteiger partial charge >= 0.3 is 0 Å². The summed E-state index contributed by atoms with van der Waals surface area (Å²) in [5.41, 5.74) is 2.07. The number of aromatic nitrogens is 2. The summed E-state index contributed by atoms with van der Waals surface area (Å²) in [7, 11) is 1.83. The van der Waals surface area contributed by atoms with Crippen LogP contribution in [0.4, 0.5) is 0 Å². The van der Waals surface area contributed by atoms with Crippen LogP contribution >= 0.6 is 11.3 Å². The Morgan fingerprint density at radius 2 is 2.00 bits per heavy atom. The van der Waals surface area contributed by atoms with Gasteiger partial charge < -0.3 is 9.32 Å². The van der Waals surface area contributed by atoms with Crippen molar-refractivity contribution in [2.24, 2.45) is 0 Å². The molecule has 0 spiro atoms. The van der Waals surface area contributed by atoms with Gasteiger partial charge in [0, 0.05) is 30.3 Å². The molecule has 1 aromatic carbocycles. The first-order valence-corrected chi connectivity index (χ1v) is 9.11. The second-order valence-corrected chi connectivity index (χ2v) is 7.04. The topological polar surface area (TPSA) is 59.2 Å². The molecular weight excluding hydrogens is 334 g/mol. The molecule has 0 N–H and O–H groups in total. The molecule has 2 heterocycles. The highest BCUT2D eigenvalue weighted by Gasteiger charge is 2.19. The number of rotatable bonds is 6. The average Bonchev–Trinajstić information content (AvgIpc) is 3.31. The Kier molecular flexibility index (Phi) is 5.28. The molecule has 3 aromatic rings. The molecule has 0 saturated heterocycles. The van der Waals surface area contributed by atoms with E-state index >= 15 is 0 Å². The second-order valence-electron chi connectivity index (χ2n) is 6.06. The summed E-state index contributed by atoms with van der Waals surface area (Å²) in [4.78, 5) is 15.4. The van der Waals surface area contributed by atoms with E-state index in [-0.39, 0.29) is 11.9 Å². The predicted octanol–water partition coefficient (Wildman–Crippen LogP) is 4.26. The van der Waals surface area contributed by atoms with Crippen molar-refractivity contribution in [3.05, 3.63) is 58.1 Å². The molecule has 130 valence electrons. The van der Waals surface area contributed by atoms with E-state index in [0.29, 0.717) is 24.6 Å². The molecule has 2 aromatic heterocycles. The van der Waals surface area contributed by atoms with Gasteiger partial charge in [-0.3, -0.25) is 4.79 Å². The molecule has 25 heavy (non-hydrogen) atoms. The smallest absolute Gasteiger partial charge is 0.247 e. The van der Waals surface area contributed by atoms with Gasteiger partial charge in [-0.1, -0.05) is 23.8 Å². The molecule has 1 atom stereocenters. The third kappa shape index (κ3) is 4.14. The van der Waals surface area contributed by atoms with Crippen molar-refractivity contribution in [3.8, 4) is 11.5 Å². The fourth-order valence-corrected chi connectivity index (χ4v) is 3.32. The van der Waals surface area contributed by atoms with Crippen LogP contribution in [0, 0.1) is 6.92 Å². The molecule has 0 saturated carbocycles. The van der Waals surface area contributed by atoms with Gasteiger partial charge in [0.2, 0.25) is 17.7 Å². The largest absolute Gasteiger partial charge is 0.421 e. The van der Waals surface area contributed by atoms with Crippen molar-refractivity contribution >= 4 is 17.2 Å². The fourth-order valence-electron chi connectivity index (χ4n) is 2.49. The van der Waals surface area contributed by atoms with Crippen molar-refractivity contribution in [1.29, 1.82) is 0 Å². The van der Waals surface area contributed by atoms with Crippen LogP contribution in [-0.2, 0) is 11.2 Å². The molecule has 0 aliphatic heterocycles. The number of carbonyl (C=O) groups excluding carboxylic acids is 1. The maximum Gasteiger partial charge on any atom is 0.247 e. The molecule has 0 fully saturated rings. The minimum Gasteiger partial charge on any atom is -0.421 e. The molecule has 0 unspecified atom stereocenters. The number of hydrogen-bond acceptors (Lipinski definition) is 5. The summed E-state index contributed by atoms with van der Waals surface area (Å²) in [6, 6.07) is 12.0. The standard InChI is InChI=1S/C19H21N3O2S/c1-13-6-8-15(9-7-13)19-21-20-17(24-19)10-11-18(23)22(3)14(2)16-5-4-12-25-16/h4-9,12,14H,10-11H2,1-3H3/t14-/m1/s1. The van der Waals surface area contributed by atoms with Crippen LogP contribution in [0.1, 0.15) is 35.7 Å². The summed E-state index contributed by atoms with van der Waals surface area (Å²) in [5, 5.41) is 10.2. The van der Waals surface area contributed by atoms with Crippen LogP contribution in [0.3, 0.4) is 0 Å². The predicted molar refractivity (Wildman–Crippen MR) is 98.3 cm³/mol. The number of nitrogens with zero attached hydrogens (tertiary/aromatic N) is 3. The van der Waals surface area contributed by atoms with Gasteiger partial charge in [-0.15, -0.1) is 21.5 Å². The number of carbonyl (C=O) groups is 1. The zero-order valence-electron chi connectivity index (χ0n) is 14.6. The normalized spacial score (nSPS) is 12.1. The monoisotopic (exact) mass is 355 g/mol. The van der Waals surface area contributed by atoms with Crippen molar-refractivity contribution in [2.45, 2.75) is 32.7 Å². The molecule has 0 radical (unpaired) electrons. The molecule has 0 aliphatic rings. The van der Waals surface area contributed by atoms with Gasteiger partial charge in [-0.25, -0.2) is 0 Å². The lowest BCUT2D eigenvalue weighted by Crippen LogP contribution is -2.29. The van der Waals surface area contributed by atoms with E-state index in [4.69, 9.17) is 4.42 Å². The Balaban J connectivity index is 1.58. The van der Waals surface area contributed by atoms with Crippen molar-refractivity contribution in [3.63, 3.8) is 0 Å². The molecule has 0 bridgehead atoms. The Morgan fingerprint density at radius 3 is 2.68 bits per heavy atom. The molecular formula is C19H21N3O2S. The molecule has 1 amide bonds. The van der Waals surface area contributed by atoms with Crippen LogP contribution in [0.5, 0.6) is 0 Å². The highest BCUT2D eigenvalue weighted by Crippen LogP contribution is 2.24. The quantitative estimate of drug-likeness (QED) is 0.663. The van der Waals surface area contributed by atoms with E-state index in [2.05, 4.69) is 10.2 Å². The van der Waals surface area contributed by atoms with Crippen LogP contribution in [0.25, 0.3) is 11.5 Å². The summed E-state index contributed by atoms with van der Waals surface area (Å²) in [5.74, 6) is 1.04. The first-order valence-electron chi connectivity index (χ1n) is 8.23. The third-order valence-corrected chi connectivity index (χ3v) is 5.29. The lowest BCUT2D eigenvalue weighted by Gasteiger charge is -2.23. The lowest BCUT2D eigenvalue weighted by molar-refractivity contribution is -0.131. The number of aryl methyl sites for hydroxylation is 2. The minimum atomic E-state index is 0.0657. The first-order chi connectivity index (χ1) is 12.0. The van der Waals surface area contributed by atoms with Gasteiger partial charge in [0.1, 0.15) is 0 Å². The van der Waals surface area contributed by atoms with Crippen molar-refractivity contribution in [1.82, 2.24) is 15.1 Å². The Labute approximate surface area is 151 Å². The number of thiophene rings is 1. The highest BCUT2D eigenvalue weighted by molar-refractivity contribution is 7.10. The van der Waals surface area contributed by atoms with E-state index in [1.54, 1.807) is 16.2 Å². The van der Waals surface area contributed by atoms with Crippen molar-refractivity contribution < 1.29 is 9.21 Å². The van der Waals surface area contributed by atoms with Crippen LogP contribution in [0.2, 0.25) is 0 Å². The summed E-state index contributed by atoms with van der Waals surface area (Å²) >= 11 is 1.66. The summed E-state index contributed by atoms with van der Waals surface area (Å²) < 4.78 is 5.68. The Bertz CT molecular complexity index is 825. The zero-order valence-corrected chi connectivity index (χ0v) is 15.4. The van der Waals surface area contributed by atoms with E-state index in [9.17, 15) is 4.79 Å². The Morgan fingerprint density at radius 1 is 1.24 bits per heavy atom. The van der Waals surface area contributed by atoms with E-state index in [1.807, 2.05) is 62.7 Å². The summed E-state index contributed by atoms with van der Waals surface area (Å²) in [6.07, 6.45) is 0.793. The van der Waals surface area contributed by atoms with Crippen LogP contribution < -0.4 is 0 Å². The molecule has 5 nitrogen and oxygen atoms in total. The second kappa shape index (κ2) is 7.61. The van der Waals surface area contributed by atoms with Crippen LogP contribution in [-0.4, -0.2) is 28.1 Å². The number of amides is 1. The summed E-state index contributed by atoms with van der Waals surface area (Å²) in [6.45, 7) is 4.06. The zero-order chi connectivity index (χ0) is 17.8. The maximum atomic E-state index is 12.4. The number of benzene rings is 1. The maximum absolute atomic E-state index is 12.4. The lowest BCUT2D eigenvalue weighted by atomic mass is 10.1. The average molecular weight is 355 g/mol. The fraction of sp³-hybridized carbons (Fsp3) is 0.316. The SMILES string of the molecule is Cc1ccc(-c2nnc(CCC(=O)N(C)[C@H](C)c3cccs3)o2)cc1. The van der Waals surface area contributed by atoms with E-state index in [0.717, 1.165) is 5.56 Å². The molecule has 0 aliphatic carbocycles. The molecule has 3 rings (SSSR count). The number of hydrogen-bond donors (Lipinski definition) is 0. The van der Waals surface area contributed by atoms with Gasteiger partial charge in [0.15, 0.2) is 0 Å². The van der Waals surface area contributed by atoms with E-state index in [1.165, 1.54) is 10.4 Å². The van der Waals surface area contributed by atoms with Gasteiger partial charge in [-0.2, -0.15) is 0 Å². The minimum absolute atomic E-state index is 0.0657. The first kappa shape index (κ1) is 17.4. The van der Waals surface area contributed by atoms with Gasteiger partial charge in [0.05, 0.1) is 6.04 Å². The van der Waals surface area contributed by atoms with Crippen molar-refractivity contribution in [2.75, 3.05) is 7.05 Å². The third-order valence-electron chi connectivity index (χ3n) is 4.25. The molecule has 6 heteroatoms. The van der Waals surface area contributed by atoms with Gasteiger partial charge in [-0.05, 0) is 37.4 Å².